The van der Waals surface area contributed by atoms with E-state index in [2.05, 4.69) is 13.0 Å². The van der Waals surface area contributed by atoms with Crippen LogP contribution in [-0.4, -0.2) is 39.7 Å². The molecule has 4 N–H and O–H groups in total. The van der Waals surface area contributed by atoms with Gasteiger partial charge in [0.15, 0.2) is 11.5 Å². The molecule has 31 heavy (non-hydrogen) atoms. The van der Waals surface area contributed by atoms with Gasteiger partial charge in [-0.25, -0.2) is 0 Å². The van der Waals surface area contributed by atoms with Gasteiger partial charge in [0.05, 0.1) is 25.4 Å². The van der Waals surface area contributed by atoms with Crippen LogP contribution in [0.5, 0.6) is 23.0 Å². The zero-order valence-electron chi connectivity index (χ0n) is 18.4. The van der Waals surface area contributed by atoms with E-state index in [0.29, 0.717) is 24.2 Å². The van der Waals surface area contributed by atoms with Crippen LogP contribution >= 0.6 is 0 Å². The zero-order valence-corrected chi connectivity index (χ0v) is 18.4. The second-order valence-electron chi connectivity index (χ2n) is 8.42. The number of phenolic OH excluding ortho intramolecular Hbond substituents is 3. The molecule has 0 bridgehead atoms. The lowest BCUT2D eigenvalue weighted by Gasteiger charge is -2.34. The predicted molar refractivity (Wildman–Crippen MR) is 119 cm³/mol. The molecule has 3 unspecified atom stereocenters. The van der Waals surface area contributed by atoms with Gasteiger partial charge in [0.25, 0.3) is 0 Å². The summed E-state index contributed by atoms with van der Waals surface area (Å²) in [6.45, 7) is 2.16. The molecule has 0 aliphatic carbocycles. The molecule has 1 heterocycles. The van der Waals surface area contributed by atoms with E-state index in [1.807, 2.05) is 6.07 Å². The van der Waals surface area contributed by atoms with E-state index in [1.54, 1.807) is 12.1 Å². The molecule has 1 saturated heterocycles. The molecule has 2 aromatic carbocycles. The van der Waals surface area contributed by atoms with Crippen molar-refractivity contribution in [3.05, 3.63) is 47.0 Å². The number of rotatable bonds is 9. The summed E-state index contributed by atoms with van der Waals surface area (Å²) in [6.07, 6.45) is 5.72. The van der Waals surface area contributed by atoms with Gasteiger partial charge in [0.2, 0.25) is 5.75 Å². The van der Waals surface area contributed by atoms with Crippen LogP contribution in [0.2, 0.25) is 0 Å². The summed E-state index contributed by atoms with van der Waals surface area (Å²) >= 11 is 0. The smallest absolute Gasteiger partial charge is 0.200 e. The normalized spacial score (nSPS) is 21.2. The van der Waals surface area contributed by atoms with Crippen molar-refractivity contribution in [3.8, 4) is 23.0 Å². The lowest BCUT2D eigenvalue weighted by molar-refractivity contribution is -0.0999. The Morgan fingerprint density at radius 2 is 1.81 bits per heavy atom. The van der Waals surface area contributed by atoms with Crippen LogP contribution in [-0.2, 0) is 17.6 Å². The topological polar surface area (TPSA) is 99.4 Å². The van der Waals surface area contributed by atoms with Gasteiger partial charge in [-0.15, -0.1) is 0 Å². The molecule has 1 aliphatic rings. The van der Waals surface area contributed by atoms with Gasteiger partial charge in [-0.1, -0.05) is 31.9 Å². The van der Waals surface area contributed by atoms with Gasteiger partial charge in [0, 0.05) is 6.42 Å². The highest BCUT2D eigenvalue weighted by Crippen LogP contribution is 2.41. The van der Waals surface area contributed by atoms with Crippen LogP contribution in [0.1, 0.15) is 68.2 Å². The molecule has 0 amide bonds. The van der Waals surface area contributed by atoms with Crippen molar-refractivity contribution in [1.82, 2.24) is 0 Å². The molecule has 1 aliphatic heterocycles. The Balaban J connectivity index is 1.65. The minimum Gasteiger partial charge on any atom is -0.508 e. The molecule has 6 nitrogen and oxygen atoms in total. The van der Waals surface area contributed by atoms with Gasteiger partial charge < -0.3 is 29.9 Å². The summed E-state index contributed by atoms with van der Waals surface area (Å²) in [5.74, 6) is -0.0456. The summed E-state index contributed by atoms with van der Waals surface area (Å²) < 4.78 is 11.4. The van der Waals surface area contributed by atoms with Crippen molar-refractivity contribution >= 4 is 0 Å². The largest absolute Gasteiger partial charge is 0.508 e. The van der Waals surface area contributed by atoms with Crippen LogP contribution in [0.25, 0.3) is 0 Å². The number of aliphatic hydroxyl groups is 1. The van der Waals surface area contributed by atoms with E-state index in [9.17, 15) is 20.4 Å². The van der Waals surface area contributed by atoms with Crippen LogP contribution < -0.4 is 4.74 Å². The summed E-state index contributed by atoms with van der Waals surface area (Å²) in [5.41, 5.74) is 2.80. The number of aliphatic hydroxyl groups excluding tert-OH is 1. The summed E-state index contributed by atoms with van der Waals surface area (Å²) in [4.78, 5) is 0. The van der Waals surface area contributed by atoms with E-state index < -0.39 is 12.2 Å². The van der Waals surface area contributed by atoms with Crippen molar-refractivity contribution in [3.63, 3.8) is 0 Å². The third-order valence-corrected chi connectivity index (χ3v) is 6.00. The maximum Gasteiger partial charge on any atom is 0.200 e. The van der Waals surface area contributed by atoms with Crippen molar-refractivity contribution in [1.29, 1.82) is 0 Å². The van der Waals surface area contributed by atoms with Crippen molar-refractivity contribution < 1.29 is 29.9 Å². The first kappa shape index (κ1) is 23.2. The number of aryl methyl sites for hydroxylation is 2. The zero-order chi connectivity index (χ0) is 22.4. The first-order valence-corrected chi connectivity index (χ1v) is 11.1. The molecule has 6 heteroatoms. The summed E-state index contributed by atoms with van der Waals surface area (Å²) in [6, 6.07) is 8.88. The molecule has 0 aromatic heterocycles. The van der Waals surface area contributed by atoms with Crippen LogP contribution in [0.15, 0.2) is 30.3 Å². The van der Waals surface area contributed by atoms with Gasteiger partial charge in [-0.2, -0.15) is 0 Å². The fraction of sp³-hybridized carbons (Fsp3) is 0.520. The van der Waals surface area contributed by atoms with E-state index in [1.165, 1.54) is 13.2 Å². The Kier molecular flexibility index (Phi) is 8.04. The van der Waals surface area contributed by atoms with Gasteiger partial charge in [-0.05, 0) is 67.0 Å². The molecular formula is C25H34O6. The first-order valence-electron chi connectivity index (χ1n) is 11.1. The maximum absolute atomic E-state index is 10.4. The van der Waals surface area contributed by atoms with Crippen molar-refractivity contribution in [2.45, 2.75) is 76.6 Å². The fourth-order valence-corrected chi connectivity index (χ4v) is 4.23. The molecule has 170 valence electrons. The van der Waals surface area contributed by atoms with Gasteiger partial charge in [0.1, 0.15) is 5.75 Å². The third kappa shape index (κ3) is 6.05. The average molecular weight is 431 g/mol. The molecule has 2 aromatic rings. The van der Waals surface area contributed by atoms with E-state index in [0.717, 1.165) is 49.7 Å². The maximum atomic E-state index is 10.4. The minimum atomic E-state index is -0.505. The number of hydrogen-bond donors (Lipinski definition) is 4. The van der Waals surface area contributed by atoms with Gasteiger partial charge in [-0.3, -0.25) is 0 Å². The predicted octanol–water partition coefficient (Wildman–Crippen LogP) is 4.76. The quantitative estimate of drug-likeness (QED) is 0.338. The van der Waals surface area contributed by atoms with Gasteiger partial charge >= 0.3 is 0 Å². The number of aromatic hydroxyl groups is 3. The van der Waals surface area contributed by atoms with E-state index in [-0.39, 0.29) is 23.4 Å². The number of unbranched alkanes of at least 4 members (excludes halogenated alkanes) is 2. The molecule has 3 atom stereocenters. The van der Waals surface area contributed by atoms with Crippen LogP contribution in [0.4, 0.5) is 0 Å². The molecule has 0 radical (unpaired) electrons. The van der Waals surface area contributed by atoms with Crippen LogP contribution in [0, 0.1) is 0 Å². The Morgan fingerprint density at radius 3 is 2.55 bits per heavy atom. The molecule has 0 spiro atoms. The number of phenols is 3. The highest BCUT2D eigenvalue weighted by atomic mass is 16.5. The first-order chi connectivity index (χ1) is 14.9. The third-order valence-electron chi connectivity index (χ3n) is 6.00. The fourth-order valence-electron chi connectivity index (χ4n) is 4.23. The Bertz CT molecular complexity index is 865. The van der Waals surface area contributed by atoms with Crippen molar-refractivity contribution in [2.24, 2.45) is 0 Å². The highest BCUT2D eigenvalue weighted by Gasteiger charge is 2.30. The molecular weight excluding hydrogens is 396 g/mol. The van der Waals surface area contributed by atoms with Crippen molar-refractivity contribution in [2.75, 3.05) is 7.11 Å². The second-order valence-corrected chi connectivity index (χ2v) is 8.42. The monoisotopic (exact) mass is 430 g/mol. The number of hydrogen-bond acceptors (Lipinski definition) is 6. The molecule has 1 fully saturated rings. The average Bonchev–Trinajstić information content (AvgIpc) is 2.75. The Labute approximate surface area is 184 Å². The summed E-state index contributed by atoms with van der Waals surface area (Å²) in [7, 11) is 1.42. The Hall–Kier alpha value is -2.44. The SMILES string of the molecule is CCCCCc1cc(CCC2CC(O)CC(c3cc(O)c(O)c(OC)c3)O2)ccc1O. The number of ether oxygens (including phenoxy) is 2. The lowest BCUT2D eigenvalue weighted by atomic mass is 9.92. The lowest BCUT2D eigenvalue weighted by Crippen LogP contribution is -2.31. The number of methoxy groups -OCH3 is 1. The standard InChI is InChI=1S/C25H34O6/c1-3-4-5-6-17-11-16(8-10-21(17)27)7-9-20-14-19(26)15-23(31-20)18-12-22(28)25(29)24(13-18)30-2/h8,10-13,19-20,23,26-29H,3-7,9,14-15H2,1-2H3. The molecule has 3 rings (SSSR count). The minimum absolute atomic E-state index is 0.131. The van der Waals surface area contributed by atoms with Crippen LogP contribution in [0.3, 0.4) is 0 Å². The molecule has 0 saturated carbocycles. The highest BCUT2D eigenvalue weighted by molar-refractivity contribution is 5.52. The summed E-state index contributed by atoms with van der Waals surface area (Å²) in [5, 5.41) is 40.4. The second kappa shape index (κ2) is 10.7. The Morgan fingerprint density at radius 1 is 1.00 bits per heavy atom. The van der Waals surface area contributed by atoms with E-state index >= 15 is 0 Å². The van der Waals surface area contributed by atoms with E-state index in [4.69, 9.17) is 9.47 Å². The number of benzene rings is 2.